The monoisotopic (exact) mass is 271 g/mol. The normalized spacial score (nSPS) is 11.2. The van der Waals surface area contributed by atoms with Gasteiger partial charge in [-0.1, -0.05) is 19.1 Å². The van der Waals surface area contributed by atoms with Crippen LogP contribution in [0.15, 0.2) is 24.3 Å². The Morgan fingerprint density at radius 1 is 1.39 bits per heavy atom. The fraction of sp³-hybridized carbons (Fsp3) is 0.333. The number of carbonyl (C=O) groups is 2. The number of halogens is 1. The van der Waals surface area contributed by atoms with Crippen molar-refractivity contribution in [2.45, 2.75) is 25.8 Å². The maximum absolute atomic E-state index is 11.6. The number of nitrogens with two attached hydrogens (primary N) is 2. The second kappa shape index (κ2) is 7.68. The third-order valence-corrected chi connectivity index (χ3v) is 2.36. The summed E-state index contributed by atoms with van der Waals surface area (Å²) in [5.41, 5.74) is 12.3. The molecule has 5 nitrogen and oxygen atoms in total. The third-order valence-electron chi connectivity index (χ3n) is 2.36. The van der Waals surface area contributed by atoms with E-state index in [1.165, 1.54) is 0 Å². The van der Waals surface area contributed by atoms with Crippen molar-refractivity contribution < 1.29 is 9.59 Å². The molecule has 100 valence electrons. The van der Waals surface area contributed by atoms with Crippen molar-refractivity contribution in [3.05, 3.63) is 29.8 Å². The third kappa shape index (κ3) is 5.16. The van der Waals surface area contributed by atoms with E-state index in [4.69, 9.17) is 11.5 Å². The summed E-state index contributed by atoms with van der Waals surface area (Å²) in [4.78, 5) is 22.2. The standard InChI is InChI=1S/C12H17N3O2.ClH/c1-2-8-4-3-5-9(6-8)15-12(17)10(13)7-11(14)16;/h3-6,10H,2,7,13H2,1H3,(H2,14,16)(H,15,17);1H. The number of nitrogens with one attached hydrogen (secondary N) is 1. The molecule has 5 N–H and O–H groups in total. The molecule has 0 heterocycles. The highest BCUT2D eigenvalue weighted by molar-refractivity contribution is 5.97. The van der Waals surface area contributed by atoms with Crippen molar-refractivity contribution in [3.63, 3.8) is 0 Å². The summed E-state index contributed by atoms with van der Waals surface area (Å²) in [6.07, 6.45) is 0.732. The molecule has 0 aliphatic carbocycles. The van der Waals surface area contributed by atoms with Gasteiger partial charge in [-0.05, 0) is 24.1 Å². The summed E-state index contributed by atoms with van der Waals surface area (Å²) in [5.74, 6) is -0.994. The number of carbonyl (C=O) groups excluding carboxylic acids is 2. The van der Waals surface area contributed by atoms with Crippen LogP contribution in [0.25, 0.3) is 0 Å². The number of hydrogen-bond donors (Lipinski definition) is 3. The van der Waals surface area contributed by atoms with Gasteiger partial charge in [0.1, 0.15) is 0 Å². The molecule has 0 aliphatic heterocycles. The zero-order valence-corrected chi connectivity index (χ0v) is 11.0. The van der Waals surface area contributed by atoms with Crippen molar-refractivity contribution in [1.29, 1.82) is 0 Å². The van der Waals surface area contributed by atoms with Crippen LogP contribution < -0.4 is 16.8 Å². The second-order valence-corrected chi connectivity index (χ2v) is 3.82. The Balaban J connectivity index is 0.00000289. The van der Waals surface area contributed by atoms with Crippen molar-refractivity contribution in [3.8, 4) is 0 Å². The maximum atomic E-state index is 11.6. The number of rotatable bonds is 5. The van der Waals surface area contributed by atoms with Crippen molar-refractivity contribution >= 4 is 29.9 Å². The molecule has 1 unspecified atom stereocenters. The molecule has 0 aliphatic rings. The summed E-state index contributed by atoms with van der Waals surface area (Å²) in [6, 6.07) is 6.56. The van der Waals surface area contributed by atoms with Crippen LogP contribution in [0.3, 0.4) is 0 Å². The predicted molar refractivity (Wildman–Crippen MR) is 73.5 cm³/mol. The Kier molecular flexibility index (Phi) is 7.00. The average Bonchev–Trinajstić information content (AvgIpc) is 2.28. The lowest BCUT2D eigenvalue weighted by Crippen LogP contribution is -2.38. The minimum Gasteiger partial charge on any atom is -0.370 e. The zero-order valence-electron chi connectivity index (χ0n) is 10.2. The summed E-state index contributed by atoms with van der Waals surface area (Å²) in [7, 11) is 0. The number of primary amides is 1. The van der Waals surface area contributed by atoms with E-state index in [2.05, 4.69) is 5.32 Å². The van der Waals surface area contributed by atoms with Gasteiger partial charge >= 0.3 is 0 Å². The average molecular weight is 272 g/mol. The van der Waals surface area contributed by atoms with Crippen molar-refractivity contribution in [2.24, 2.45) is 11.5 Å². The molecule has 6 heteroatoms. The van der Waals surface area contributed by atoms with Crippen LogP contribution in [0.1, 0.15) is 18.9 Å². The van der Waals surface area contributed by atoms with Crippen LogP contribution in [0.5, 0.6) is 0 Å². The molecule has 1 rings (SSSR count). The van der Waals surface area contributed by atoms with Crippen LogP contribution in [0, 0.1) is 0 Å². The summed E-state index contributed by atoms with van der Waals surface area (Å²) in [5, 5.41) is 2.65. The SMILES string of the molecule is CCc1cccc(NC(=O)C(N)CC(N)=O)c1.Cl. The first-order valence-corrected chi connectivity index (χ1v) is 5.46. The number of hydrogen-bond acceptors (Lipinski definition) is 3. The molecule has 1 aromatic carbocycles. The molecule has 0 saturated carbocycles. The Bertz CT molecular complexity index is 424. The molecule has 18 heavy (non-hydrogen) atoms. The number of aryl methyl sites for hydroxylation is 1. The smallest absolute Gasteiger partial charge is 0.241 e. The first-order chi connectivity index (χ1) is 8.02. The van der Waals surface area contributed by atoms with Gasteiger partial charge in [0.25, 0.3) is 0 Å². The van der Waals surface area contributed by atoms with E-state index in [0.29, 0.717) is 5.69 Å². The molecular weight excluding hydrogens is 254 g/mol. The van der Waals surface area contributed by atoms with E-state index in [-0.39, 0.29) is 18.8 Å². The molecular formula is C12H18ClN3O2. The lowest BCUT2D eigenvalue weighted by Gasteiger charge is -2.11. The van der Waals surface area contributed by atoms with Gasteiger partial charge in [0, 0.05) is 5.69 Å². The molecule has 2 amide bonds. The predicted octanol–water partition coefficient (Wildman–Crippen LogP) is 0.812. The van der Waals surface area contributed by atoms with Gasteiger partial charge in [0.15, 0.2) is 0 Å². The Hall–Kier alpha value is -1.59. The van der Waals surface area contributed by atoms with Crippen LogP contribution in [-0.4, -0.2) is 17.9 Å². The minimum absolute atomic E-state index is 0. The Labute approximate surface area is 112 Å². The van der Waals surface area contributed by atoms with Gasteiger partial charge in [-0.3, -0.25) is 9.59 Å². The topological polar surface area (TPSA) is 98.2 Å². The van der Waals surface area contributed by atoms with Crippen LogP contribution in [-0.2, 0) is 16.0 Å². The highest BCUT2D eigenvalue weighted by Crippen LogP contribution is 2.11. The highest BCUT2D eigenvalue weighted by Gasteiger charge is 2.15. The Morgan fingerprint density at radius 2 is 2.06 bits per heavy atom. The van der Waals surface area contributed by atoms with E-state index in [1.807, 2.05) is 25.1 Å². The van der Waals surface area contributed by atoms with Crippen LogP contribution in [0.4, 0.5) is 5.69 Å². The first kappa shape index (κ1) is 16.4. The molecule has 0 bridgehead atoms. The summed E-state index contributed by atoms with van der Waals surface area (Å²) in [6.45, 7) is 2.03. The van der Waals surface area contributed by atoms with E-state index in [9.17, 15) is 9.59 Å². The van der Waals surface area contributed by atoms with Crippen molar-refractivity contribution in [1.82, 2.24) is 0 Å². The van der Waals surface area contributed by atoms with Crippen LogP contribution >= 0.6 is 12.4 Å². The fourth-order valence-electron chi connectivity index (χ4n) is 1.41. The van der Waals surface area contributed by atoms with Gasteiger partial charge in [0.05, 0.1) is 12.5 Å². The van der Waals surface area contributed by atoms with E-state index in [0.717, 1.165) is 12.0 Å². The van der Waals surface area contributed by atoms with E-state index in [1.54, 1.807) is 6.07 Å². The van der Waals surface area contributed by atoms with Gasteiger partial charge < -0.3 is 16.8 Å². The number of benzene rings is 1. The van der Waals surface area contributed by atoms with Crippen molar-refractivity contribution in [2.75, 3.05) is 5.32 Å². The molecule has 0 spiro atoms. The molecule has 1 aromatic rings. The molecule has 0 saturated heterocycles. The first-order valence-electron chi connectivity index (χ1n) is 5.46. The molecule has 0 aromatic heterocycles. The van der Waals surface area contributed by atoms with Gasteiger partial charge in [0.2, 0.25) is 11.8 Å². The largest absolute Gasteiger partial charge is 0.370 e. The number of amides is 2. The fourth-order valence-corrected chi connectivity index (χ4v) is 1.41. The molecule has 1 atom stereocenters. The lowest BCUT2D eigenvalue weighted by atomic mass is 10.1. The van der Waals surface area contributed by atoms with E-state index < -0.39 is 17.9 Å². The summed E-state index contributed by atoms with van der Waals surface area (Å²) < 4.78 is 0. The zero-order chi connectivity index (χ0) is 12.8. The molecule has 0 fully saturated rings. The van der Waals surface area contributed by atoms with Gasteiger partial charge in [-0.2, -0.15) is 0 Å². The number of anilines is 1. The highest BCUT2D eigenvalue weighted by atomic mass is 35.5. The molecule has 0 radical (unpaired) electrons. The Morgan fingerprint density at radius 3 is 2.61 bits per heavy atom. The minimum atomic E-state index is -0.905. The second-order valence-electron chi connectivity index (χ2n) is 3.82. The van der Waals surface area contributed by atoms with Gasteiger partial charge in [-0.25, -0.2) is 0 Å². The lowest BCUT2D eigenvalue weighted by molar-refractivity contribution is -0.123. The maximum Gasteiger partial charge on any atom is 0.241 e. The van der Waals surface area contributed by atoms with Crippen LogP contribution in [0.2, 0.25) is 0 Å². The summed E-state index contributed by atoms with van der Waals surface area (Å²) >= 11 is 0. The quantitative estimate of drug-likeness (QED) is 0.739. The van der Waals surface area contributed by atoms with E-state index >= 15 is 0 Å². The van der Waals surface area contributed by atoms with Gasteiger partial charge in [-0.15, -0.1) is 12.4 Å².